The molecule has 0 radical (unpaired) electrons. The van der Waals surface area contributed by atoms with Gasteiger partial charge in [0.05, 0.1) is 15.4 Å². The van der Waals surface area contributed by atoms with E-state index in [0.717, 1.165) is 0 Å². The van der Waals surface area contributed by atoms with Gasteiger partial charge in [0.2, 0.25) is 0 Å². The summed E-state index contributed by atoms with van der Waals surface area (Å²) in [6.07, 6.45) is -3.68. The zero-order valence-corrected chi connectivity index (χ0v) is 15.2. The lowest BCUT2D eigenvalue weighted by Gasteiger charge is -2.12. The SMILES string of the molecule is Cc1cc(NCCNc2c([N+](=O)[O-])cc(C(F)(F)F)cc2[N+](=O)[O-])n2ncnc2n1. The Balaban J connectivity index is 1.82. The summed E-state index contributed by atoms with van der Waals surface area (Å²) in [4.78, 5) is 28.3. The molecular weight excluding hydrogens is 413 g/mol. The average Bonchev–Trinajstić information content (AvgIpc) is 3.11. The van der Waals surface area contributed by atoms with Gasteiger partial charge in [0.1, 0.15) is 12.1 Å². The monoisotopic (exact) mass is 426 g/mol. The predicted octanol–water partition coefficient (Wildman–Crippen LogP) is 2.79. The Morgan fingerprint density at radius 3 is 2.23 bits per heavy atom. The van der Waals surface area contributed by atoms with E-state index in [-0.39, 0.29) is 25.2 Å². The van der Waals surface area contributed by atoms with Crippen LogP contribution in [0.4, 0.5) is 36.1 Å². The highest BCUT2D eigenvalue weighted by molar-refractivity contribution is 5.75. The standard InChI is InChI=1S/C15H13F3N8O4/c1-8-4-12(24-14(23-8)21-7-22-24)19-2-3-20-13-10(25(27)28)5-9(15(16,17)18)6-11(13)26(29)30/h4-7,19-20H,2-3H2,1H3. The van der Waals surface area contributed by atoms with Gasteiger partial charge in [-0.05, 0) is 6.92 Å². The Kier molecular flexibility index (Phi) is 5.35. The maximum Gasteiger partial charge on any atom is 0.416 e. The van der Waals surface area contributed by atoms with Crippen LogP contribution in [0.25, 0.3) is 5.78 Å². The molecule has 12 nitrogen and oxygen atoms in total. The molecule has 3 rings (SSSR count). The topological polar surface area (TPSA) is 153 Å². The predicted molar refractivity (Wildman–Crippen MR) is 97.3 cm³/mol. The molecule has 2 aromatic heterocycles. The van der Waals surface area contributed by atoms with Crippen molar-refractivity contribution in [2.24, 2.45) is 0 Å². The number of alkyl halides is 3. The van der Waals surface area contributed by atoms with E-state index >= 15 is 0 Å². The minimum atomic E-state index is -4.97. The van der Waals surface area contributed by atoms with E-state index in [1.54, 1.807) is 13.0 Å². The second kappa shape index (κ2) is 7.76. The summed E-state index contributed by atoms with van der Waals surface area (Å²) in [5.74, 6) is 0.827. The normalized spacial score (nSPS) is 11.5. The van der Waals surface area contributed by atoms with Crippen molar-refractivity contribution < 1.29 is 23.0 Å². The fraction of sp³-hybridized carbons (Fsp3) is 0.267. The number of hydrogen-bond acceptors (Lipinski definition) is 9. The number of fused-ring (bicyclic) bond motifs is 1. The van der Waals surface area contributed by atoms with Crippen molar-refractivity contribution in [1.29, 1.82) is 0 Å². The van der Waals surface area contributed by atoms with Crippen LogP contribution in [0.5, 0.6) is 0 Å². The van der Waals surface area contributed by atoms with Crippen molar-refractivity contribution in [3.05, 3.63) is 56.0 Å². The number of rotatable bonds is 7. The van der Waals surface area contributed by atoms with Gasteiger partial charge in [0, 0.05) is 37.0 Å². The molecule has 158 valence electrons. The molecular formula is C15H13F3N8O4. The van der Waals surface area contributed by atoms with Gasteiger partial charge in [-0.25, -0.2) is 4.98 Å². The molecule has 2 heterocycles. The zero-order valence-electron chi connectivity index (χ0n) is 15.2. The minimum Gasteiger partial charge on any atom is -0.372 e. The molecule has 1 aromatic carbocycles. The van der Waals surface area contributed by atoms with Crippen molar-refractivity contribution in [2.75, 3.05) is 23.7 Å². The lowest BCUT2D eigenvalue weighted by molar-refractivity contribution is -0.392. The highest BCUT2D eigenvalue weighted by Gasteiger charge is 2.37. The van der Waals surface area contributed by atoms with Crippen molar-refractivity contribution >= 4 is 28.7 Å². The third-order valence-electron chi connectivity index (χ3n) is 3.93. The van der Waals surface area contributed by atoms with Crippen molar-refractivity contribution in [2.45, 2.75) is 13.1 Å². The maximum absolute atomic E-state index is 12.9. The lowest BCUT2D eigenvalue weighted by atomic mass is 10.1. The van der Waals surface area contributed by atoms with E-state index in [1.807, 2.05) is 0 Å². The highest BCUT2D eigenvalue weighted by Crippen LogP contribution is 2.41. The van der Waals surface area contributed by atoms with Gasteiger partial charge in [0.15, 0.2) is 5.69 Å². The van der Waals surface area contributed by atoms with E-state index in [1.165, 1.54) is 10.8 Å². The molecule has 0 spiro atoms. The first kappa shape index (κ1) is 20.7. The molecule has 0 aliphatic heterocycles. The summed E-state index contributed by atoms with van der Waals surface area (Å²) < 4.78 is 40.2. The molecule has 0 unspecified atom stereocenters. The molecule has 0 bridgehead atoms. The van der Waals surface area contributed by atoms with Crippen LogP contribution in [0.2, 0.25) is 0 Å². The third-order valence-corrected chi connectivity index (χ3v) is 3.93. The van der Waals surface area contributed by atoms with Crippen LogP contribution in [0.1, 0.15) is 11.3 Å². The number of halogens is 3. The van der Waals surface area contributed by atoms with E-state index in [0.29, 0.717) is 17.3 Å². The molecule has 0 saturated heterocycles. The fourth-order valence-electron chi connectivity index (χ4n) is 2.68. The first-order valence-corrected chi connectivity index (χ1v) is 8.27. The zero-order chi connectivity index (χ0) is 22.1. The van der Waals surface area contributed by atoms with Crippen LogP contribution in [-0.4, -0.2) is 42.5 Å². The molecule has 0 atom stereocenters. The maximum atomic E-state index is 12.9. The van der Waals surface area contributed by atoms with Crippen molar-refractivity contribution in [3.8, 4) is 0 Å². The smallest absolute Gasteiger partial charge is 0.372 e. The first-order valence-electron chi connectivity index (χ1n) is 8.27. The van der Waals surface area contributed by atoms with Crippen molar-refractivity contribution in [1.82, 2.24) is 19.6 Å². The Morgan fingerprint density at radius 1 is 1.07 bits per heavy atom. The second-order valence-corrected chi connectivity index (χ2v) is 6.01. The number of aromatic nitrogens is 4. The number of nitro groups is 2. The van der Waals surface area contributed by atoms with E-state index in [2.05, 4.69) is 25.7 Å². The van der Waals surface area contributed by atoms with Crippen molar-refractivity contribution in [3.63, 3.8) is 0 Å². The van der Waals surface area contributed by atoms with Gasteiger partial charge in [-0.1, -0.05) is 0 Å². The lowest BCUT2D eigenvalue weighted by Crippen LogP contribution is -2.18. The number of nitrogens with one attached hydrogen (secondary N) is 2. The molecule has 0 amide bonds. The first-order chi connectivity index (χ1) is 14.1. The van der Waals surface area contributed by atoms with Gasteiger partial charge < -0.3 is 10.6 Å². The number of aryl methyl sites for hydroxylation is 1. The largest absolute Gasteiger partial charge is 0.416 e. The van der Waals surface area contributed by atoms with Gasteiger partial charge >= 0.3 is 6.18 Å². The Bertz CT molecular complexity index is 1100. The molecule has 15 heteroatoms. The average molecular weight is 426 g/mol. The summed E-state index contributed by atoms with van der Waals surface area (Å²) in [7, 11) is 0. The molecule has 2 N–H and O–H groups in total. The van der Waals surface area contributed by atoms with E-state index in [9.17, 15) is 33.4 Å². The summed E-state index contributed by atoms with van der Waals surface area (Å²) >= 11 is 0. The van der Waals surface area contributed by atoms with Crippen LogP contribution < -0.4 is 10.6 Å². The molecule has 0 aliphatic carbocycles. The number of nitrogens with zero attached hydrogens (tertiary/aromatic N) is 6. The quantitative estimate of drug-likeness (QED) is 0.330. The van der Waals surface area contributed by atoms with Crippen LogP contribution in [0, 0.1) is 27.2 Å². The van der Waals surface area contributed by atoms with Gasteiger partial charge in [-0.2, -0.15) is 27.8 Å². The summed E-state index contributed by atoms with van der Waals surface area (Å²) in [5, 5.41) is 31.8. The second-order valence-electron chi connectivity index (χ2n) is 6.01. The molecule has 0 aliphatic rings. The number of benzene rings is 1. The molecule has 3 aromatic rings. The highest BCUT2D eigenvalue weighted by atomic mass is 19.4. The summed E-state index contributed by atoms with van der Waals surface area (Å²) in [5.41, 5.74) is -3.55. The number of anilines is 2. The van der Waals surface area contributed by atoms with Gasteiger partial charge in [-0.15, -0.1) is 0 Å². The number of hydrogen-bond donors (Lipinski definition) is 2. The fourth-order valence-corrected chi connectivity index (χ4v) is 2.68. The van der Waals surface area contributed by atoms with E-state index in [4.69, 9.17) is 0 Å². The van der Waals surface area contributed by atoms with Gasteiger partial charge in [-0.3, -0.25) is 20.2 Å². The number of nitro benzene ring substituents is 2. The molecule has 30 heavy (non-hydrogen) atoms. The summed E-state index contributed by atoms with van der Waals surface area (Å²) in [6, 6.07) is 2.17. The summed E-state index contributed by atoms with van der Waals surface area (Å²) in [6.45, 7) is 1.76. The third kappa shape index (κ3) is 4.18. The van der Waals surface area contributed by atoms with Crippen LogP contribution in [-0.2, 0) is 6.18 Å². The molecule has 0 fully saturated rings. The van der Waals surface area contributed by atoms with E-state index < -0.39 is 38.6 Å². The minimum absolute atomic E-state index is 0.0788. The van der Waals surface area contributed by atoms with Crippen LogP contribution in [0.3, 0.4) is 0 Å². The van der Waals surface area contributed by atoms with Crippen LogP contribution in [0.15, 0.2) is 24.5 Å². The van der Waals surface area contributed by atoms with Gasteiger partial charge in [0.25, 0.3) is 17.2 Å². The Hall–Kier alpha value is -4.04. The van der Waals surface area contributed by atoms with Crippen LogP contribution >= 0.6 is 0 Å². The Labute approximate surface area is 165 Å². The molecule has 0 saturated carbocycles. The Morgan fingerprint density at radius 2 is 1.67 bits per heavy atom.